The maximum Gasteiger partial charge on any atom is 0.407 e. The topological polar surface area (TPSA) is 26.0 Å². The molecule has 1 nitrogen and oxygen atoms in total. The maximum absolute atomic E-state index is 12.4. The highest BCUT2D eigenvalue weighted by atomic mass is 19.4. The molecule has 2 N–H and O–H groups in total. The highest BCUT2D eigenvalue weighted by Gasteiger charge is 2.37. The van der Waals surface area contributed by atoms with Crippen molar-refractivity contribution in [2.45, 2.75) is 38.9 Å². The van der Waals surface area contributed by atoms with E-state index in [1.807, 2.05) is 13.8 Å². The summed E-state index contributed by atoms with van der Waals surface area (Å²) in [5.74, 6) is 0. The molecule has 0 fully saturated rings. The molecule has 0 saturated carbocycles. The number of halogens is 3. The van der Waals surface area contributed by atoms with Crippen LogP contribution in [0, 0.1) is 0 Å². The van der Waals surface area contributed by atoms with Crippen LogP contribution in [0.4, 0.5) is 13.2 Å². The van der Waals surface area contributed by atoms with E-state index in [0.717, 1.165) is 24.0 Å². The number of nitrogens with two attached hydrogens (primary N) is 1. The van der Waals surface area contributed by atoms with Crippen molar-refractivity contribution in [1.82, 2.24) is 0 Å². The van der Waals surface area contributed by atoms with E-state index >= 15 is 0 Å². The second kappa shape index (κ2) is 4.87. The molecular weight excluding hydrogens is 215 g/mol. The largest absolute Gasteiger partial charge is 0.407 e. The number of rotatable bonds is 3. The van der Waals surface area contributed by atoms with Gasteiger partial charge < -0.3 is 5.73 Å². The van der Waals surface area contributed by atoms with Gasteiger partial charge >= 0.3 is 6.18 Å². The first-order valence-electron chi connectivity index (χ1n) is 5.34. The number of aryl methyl sites for hydroxylation is 2. The average Bonchev–Trinajstić information content (AvgIpc) is 2.25. The van der Waals surface area contributed by atoms with E-state index in [-0.39, 0.29) is 5.56 Å². The Bertz CT molecular complexity index is 358. The second-order valence-electron chi connectivity index (χ2n) is 3.75. The lowest BCUT2D eigenvalue weighted by Crippen LogP contribution is -2.28. The number of alkyl halides is 3. The molecule has 0 aliphatic carbocycles. The van der Waals surface area contributed by atoms with Crippen molar-refractivity contribution in [3.63, 3.8) is 0 Å². The molecule has 0 spiro atoms. The fourth-order valence-corrected chi connectivity index (χ4v) is 1.70. The molecular formula is C12H16F3N. The minimum Gasteiger partial charge on any atom is -0.316 e. The van der Waals surface area contributed by atoms with Gasteiger partial charge in [-0.05, 0) is 29.5 Å². The monoisotopic (exact) mass is 231 g/mol. The van der Waals surface area contributed by atoms with Crippen LogP contribution in [0.5, 0.6) is 0 Å². The van der Waals surface area contributed by atoms with Crippen molar-refractivity contribution in [2.75, 3.05) is 0 Å². The van der Waals surface area contributed by atoms with Crippen LogP contribution in [0.25, 0.3) is 0 Å². The summed E-state index contributed by atoms with van der Waals surface area (Å²) in [6.45, 7) is 3.91. The minimum absolute atomic E-state index is 0.140. The zero-order valence-corrected chi connectivity index (χ0v) is 9.43. The van der Waals surface area contributed by atoms with E-state index in [9.17, 15) is 13.2 Å². The quantitative estimate of drug-likeness (QED) is 0.848. The summed E-state index contributed by atoms with van der Waals surface area (Å²) in [6.07, 6.45) is -2.83. The SMILES string of the molecule is CCc1ccc(C(N)C(F)(F)F)cc1CC. The third-order valence-electron chi connectivity index (χ3n) is 2.70. The van der Waals surface area contributed by atoms with Crippen LogP contribution in [0.15, 0.2) is 18.2 Å². The van der Waals surface area contributed by atoms with E-state index in [4.69, 9.17) is 5.73 Å². The van der Waals surface area contributed by atoms with Gasteiger partial charge in [0.2, 0.25) is 0 Å². The predicted octanol–water partition coefficient (Wildman–Crippen LogP) is 3.37. The Labute approximate surface area is 93.5 Å². The number of hydrogen-bond acceptors (Lipinski definition) is 1. The first kappa shape index (κ1) is 13.0. The molecule has 0 radical (unpaired) electrons. The van der Waals surface area contributed by atoms with Crippen molar-refractivity contribution in [1.29, 1.82) is 0 Å². The average molecular weight is 231 g/mol. The second-order valence-corrected chi connectivity index (χ2v) is 3.75. The van der Waals surface area contributed by atoms with Gasteiger partial charge in [0, 0.05) is 0 Å². The normalized spacial score (nSPS) is 13.9. The molecule has 0 amide bonds. The molecule has 1 unspecified atom stereocenters. The Morgan fingerprint density at radius 1 is 1.12 bits per heavy atom. The Kier molecular flexibility index (Phi) is 3.97. The third kappa shape index (κ3) is 2.76. The third-order valence-corrected chi connectivity index (χ3v) is 2.70. The van der Waals surface area contributed by atoms with Gasteiger partial charge in [-0.25, -0.2) is 0 Å². The molecule has 0 heterocycles. The van der Waals surface area contributed by atoms with Crippen LogP contribution in [0.1, 0.15) is 36.6 Å². The first-order valence-corrected chi connectivity index (χ1v) is 5.34. The molecule has 1 aromatic carbocycles. The highest BCUT2D eigenvalue weighted by molar-refractivity contribution is 5.34. The van der Waals surface area contributed by atoms with Gasteiger partial charge in [0.15, 0.2) is 0 Å². The van der Waals surface area contributed by atoms with Gasteiger partial charge in [0.05, 0.1) is 0 Å². The zero-order valence-electron chi connectivity index (χ0n) is 9.43. The minimum atomic E-state index is -4.38. The Balaban J connectivity index is 3.08. The van der Waals surface area contributed by atoms with Gasteiger partial charge in [-0.3, -0.25) is 0 Å². The van der Waals surface area contributed by atoms with Crippen LogP contribution in [0.3, 0.4) is 0 Å². The molecule has 16 heavy (non-hydrogen) atoms. The smallest absolute Gasteiger partial charge is 0.316 e. The van der Waals surface area contributed by atoms with Gasteiger partial charge in [-0.1, -0.05) is 32.0 Å². The Morgan fingerprint density at radius 3 is 2.12 bits per heavy atom. The number of hydrogen-bond donors (Lipinski definition) is 1. The summed E-state index contributed by atoms with van der Waals surface area (Å²) in [5, 5.41) is 0. The molecule has 0 aliphatic heterocycles. The van der Waals surface area contributed by atoms with E-state index in [1.54, 1.807) is 12.1 Å². The van der Waals surface area contributed by atoms with E-state index in [1.165, 1.54) is 6.07 Å². The summed E-state index contributed by atoms with van der Waals surface area (Å²) in [7, 11) is 0. The summed E-state index contributed by atoms with van der Waals surface area (Å²) < 4.78 is 37.3. The van der Waals surface area contributed by atoms with Crippen molar-refractivity contribution < 1.29 is 13.2 Å². The lowest BCUT2D eigenvalue weighted by molar-refractivity contribution is -0.149. The predicted molar refractivity (Wildman–Crippen MR) is 58.2 cm³/mol. The van der Waals surface area contributed by atoms with E-state index in [0.29, 0.717) is 0 Å². The standard InChI is InChI=1S/C12H16F3N/c1-3-8-5-6-10(7-9(8)4-2)11(16)12(13,14)15/h5-7,11H,3-4,16H2,1-2H3. The van der Waals surface area contributed by atoms with Crippen LogP contribution in [0.2, 0.25) is 0 Å². The van der Waals surface area contributed by atoms with Crippen molar-refractivity contribution in [2.24, 2.45) is 5.73 Å². The van der Waals surface area contributed by atoms with Crippen molar-refractivity contribution in [3.05, 3.63) is 34.9 Å². The maximum atomic E-state index is 12.4. The molecule has 1 atom stereocenters. The van der Waals surface area contributed by atoms with Gasteiger partial charge in [0.25, 0.3) is 0 Å². The molecule has 0 aromatic heterocycles. The summed E-state index contributed by atoms with van der Waals surface area (Å²) in [6, 6.07) is 2.89. The Hall–Kier alpha value is -1.03. The fourth-order valence-electron chi connectivity index (χ4n) is 1.70. The first-order chi connectivity index (χ1) is 7.40. The molecule has 0 bridgehead atoms. The van der Waals surface area contributed by atoms with Crippen LogP contribution in [-0.2, 0) is 12.8 Å². The summed E-state index contributed by atoms with van der Waals surface area (Å²) in [5.41, 5.74) is 7.33. The Morgan fingerprint density at radius 2 is 1.69 bits per heavy atom. The molecule has 1 rings (SSSR count). The van der Waals surface area contributed by atoms with Gasteiger partial charge in [-0.2, -0.15) is 13.2 Å². The highest BCUT2D eigenvalue weighted by Crippen LogP contribution is 2.31. The molecule has 1 aromatic rings. The molecule has 90 valence electrons. The fraction of sp³-hybridized carbons (Fsp3) is 0.500. The molecule has 0 aliphatic rings. The van der Waals surface area contributed by atoms with Gasteiger partial charge in [-0.15, -0.1) is 0 Å². The lowest BCUT2D eigenvalue weighted by Gasteiger charge is -2.17. The van der Waals surface area contributed by atoms with Crippen LogP contribution in [-0.4, -0.2) is 6.18 Å². The lowest BCUT2D eigenvalue weighted by atomic mass is 9.97. The van der Waals surface area contributed by atoms with E-state index in [2.05, 4.69) is 0 Å². The van der Waals surface area contributed by atoms with Crippen LogP contribution >= 0.6 is 0 Å². The van der Waals surface area contributed by atoms with Gasteiger partial charge in [0.1, 0.15) is 6.04 Å². The molecule has 0 saturated heterocycles. The number of benzene rings is 1. The summed E-state index contributed by atoms with van der Waals surface area (Å²) in [4.78, 5) is 0. The van der Waals surface area contributed by atoms with Crippen LogP contribution < -0.4 is 5.73 Å². The molecule has 4 heteroatoms. The van der Waals surface area contributed by atoms with Crippen molar-refractivity contribution >= 4 is 0 Å². The summed E-state index contributed by atoms with van der Waals surface area (Å²) >= 11 is 0. The van der Waals surface area contributed by atoms with E-state index < -0.39 is 12.2 Å². The zero-order chi connectivity index (χ0) is 12.3. The van der Waals surface area contributed by atoms with Crippen molar-refractivity contribution in [3.8, 4) is 0 Å².